The van der Waals surface area contributed by atoms with E-state index in [2.05, 4.69) is 60.8 Å². The molecule has 0 atom stereocenters. The minimum atomic E-state index is -0.285. The van der Waals surface area contributed by atoms with Crippen molar-refractivity contribution in [1.82, 2.24) is 14.7 Å². The molecule has 2 aromatic rings. The number of rotatable bonds is 3. The molecular formula is C18H26BrN3O. The number of aromatic nitrogens is 2. The van der Waals surface area contributed by atoms with Crippen molar-refractivity contribution in [3.8, 4) is 0 Å². The van der Waals surface area contributed by atoms with Gasteiger partial charge in [0.25, 0.3) is 5.91 Å². The fourth-order valence-electron chi connectivity index (χ4n) is 3.36. The highest BCUT2D eigenvalue weighted by molar-refractivity contribution is 9.10. The monoisotopic (exact) mass is 379 g/mol. The summed E-state index contributed by atoms with van der Waals surface area (Å²) in [5.41, 5.74) is 3.04. The first-order valence-electron chi connectivity index (χ1n) is 7.87. The third kappa shape index (κ3) is 4.14. The summed E-state index contributed by atoms with van der Waals surface area (Å²) in [4.78, 5) is 17.4. The van der Waals surface area contributed by atoms with E-state index in [-0.39, 0.29) is 16.9 Å². The third-order valence-electron chi connectivity index (χ3n) is 3.63. The van der Waals surface area contributed by atoms with Crippen molar-refractivity contribution in [2.24, 2.45) is 5.41 Å². The van der Waals surface area contributed by atoms with Crippen molar-refractivity contribution in [3.63, 3.8) is 0 Å². The molecule has 0 radical (unpaired) electrons. The van der Waals surface area contributed by atoms with Crippen molar-refractivity contribution >= 4 is 27.5 Å². The average Bonchev–Trinajstić information content (AvgIpc) is 2.61. The molecule has 5 heteroatoms. The van der Waals surface area contributed by atoms with Crippen LogP contribution in [0.1, 0.15) is 62.8 Å². The van der Waals surface area contributed by atoms with Gasteiger partial charge in [-0.1, -0.05) is 20.8 Å². The molecule has 0 unspecified atom stereocenters. The smallest absolute Gasteiger partial charge is 0.270 e. The molecular weight excluding hydrogens is 354 g/mol. The van der Waals surface area contributed by atoms with Crippen LogP contribution in [0.5, 0.6) is 0 Å². The van der Waals surface area contributed by atoms with Gasteiger partial charge < -0.3 is 5.32 Å². The van der Waals surface area contributed by atoms with Crippen molar-refractivity contribution in [2.75, 3.05) is 0 Å². The zero-order valence-electron chi connectivity index (χ0n) is 15.0. The Bertz CT molecular complexity index is 754. The summed E-state index contributed by atoms with van der Waals surface area (Å²) in [5.74, 6) is -0.0817. The molecule has 1 amide bonds. The van der Waals surface area contributed by atoms with Gasteiger partial charge in [0.15, 0.2) is 5.65 Å². The fourth-order valence-corrected chi connectivity index (χ4v) is 4.00. The Morgan fingerprint density at radius 2 is 1.87 bits per heavy atom. The number of nitrogens with zero attached hydrogens (tertiary/aromatic N) is 2. The maximum atomic E-state index is 12.9. The van der Waals surface area contributed by atoms with Crippen molar-refractivity contribution in [1.29, 1.82) is 0 Å². The molecule has 0 aliphatic rings. The fraction of sp³-hybridized carbons (Fsp3) is 0.556. The minimum absolute atomic E-state index is 0.0817. The Hall–Kier alpha value is -1.36. The predicted octanol–water partition coefficient (Wildman–Crippen LogP) is 4.66. The second-order valence-electron chi connectivity index (χ2n) is 8.18. The summed E-state index contributed by atoms with van der Waals surface area (Å²) in [7, 11) is 0. The summed E-state index contributed by atoms with van der Waals surface area (Å²) < 4.78 is 2.77. The van der Waals surface area contributed by atoms with Crippen LogP contribution in [0.3, 0.4) is 0 Å². The molecule has 23 heavy (non-hydrogen) atoms. The van der Waals surface area contributed by atoms with Crippen LogP contribution >= 0.6 is 15.9 Å². The molecule has 0 saturated carbocycles. The molecule has 126 valence electrons. The first-order chi connectivity index (χ1) is 10.4. The van der Waals surface area contributed by atoms with Crippen LogP contribution < -0.4 is 5.32 Å². The quantitative estimate of drug-likeness (QED) is 0.842. The highest BCUT2D eigenvalue weighted by Crippen LogP contribution is 2.28. The van der Waals surface area contributed by atoms with Gasteiger partial charge in [0, 0.05) is 11.7 Å². The van der Waals surface area contributed by atoms with Gasteiger partial charge in [-0.3, -0.25) is 9.20 Å². The Labute approximate surface area is 146 Å². The number of halogens is 1. The van der Waals surface area contributed by atoms with Gasteiger partial charge in [-0.05, 0) is 67.1 Å². The van der Waals surface area contributed by atoms with E-state index in [1.54, 1.807) is 0 Å². The lowest BCUT2D eigenvalue weighted by Gasteiger charge is -2.33. The van der Waals surface area contributed by atoms with Crippen LogP contribution in [0.4, 0.5) is 0 Å². The first kappa shape index (κ1) is 18.0. The third-order valence-corrected chi connectivity index (χ3v) is 4.21. The molecule has 0 spiro atoms. The van der Waals surface area contributed by atoms with E-state index in [9.17, 15) is 4.79 Å². The average molecular weight is 380 g/mol. The first-order valence-corrected chi connectivity index (χ1v) is 8.66. The summed E-state index contributed by atoms with van der Waals surface area (Å²) >= 11 is 3.53. The summed E-state index contributed by atoms with van der Waals surface area (Å²) in [6.07, 6.45) is 2.84. The topological polar surface area (TPSA) is 46.4 Å². The van der Waals surface area contributed by atoms with Gasteiger partial charge in [0.05, 0.1) is 10.2 Å². The van der Waals surface area contributed by atoms with Gasteiger partial charge in [-0.25, -0.2) is 4.98 Å². The molecule has 2 heterocycles. The van der Waals surface area contributed by atoms with Crippen LogP contribution in [0.2, 0.25) is 0 Å². The van der Waals surface area contributed by atoms with Crippen LogP contribution in [0.25, 0.3) is 5.65 Å². The number of amides is 1. The lowest BCUT2D eigenvalue weighted by atomic mass is 9.82. The lowest BCUT2D eigenvalue weighted by molar-refractivity contribution is 0.0884. The number of imidazole rings is 1. The molecule has 1 N–H and O–H groups in total. The highest BCUT2D eigenvalue weighted by Gasteiger charge is 2.29. The summed E-state index contributed by atoms with van der Waals surface area (Å²) in [6.45, 7) is 14.6. The maximum absolute atomic E-state index is 12.9. The van der Waals surface area contributed by atoms with Gasteiger partial charge in [0.1, 0.15) is 5.69 Å². The van der Waals surface area contributed by atoms with Crippen LogP contribution in [-0.4, -0.2) is 20.8 Å². The molecule has 0 saturated heterocycles. The van der Waals surface area contributed by atoms with E-state index in [1.807, 2.05) is 30.5 Å². The van der Waals surface area contributed by atoms with E-state index >= 15 is 0 Å². The normalized spacial score (nSPS) is 12.7. The molecule has 2 aromatic heterocycles. The Kier molecular flexibility index (Phi) is 4.64. The van der Waals surface area contributed by atoms with E-state index in [0.29, 0.717) is 5.69 Å². The number of carbonyl (C=O) groups excluding carboxylic acids is 1. The van der Waals surface area contributed by atoms with E-state index in [4.69, 9.17) is 0 Å². The van der Waals surface area contributed by atoms with Gasteiger partial charge in [-0.15, -0.1) is 0 Å². The Morgan fingerprint density at radius 3 is 2.43 bits per heavy atom. The lowest BCUT2D eigenvalue weighted by Crippen LogP contribution is -2.46. The van der Waals surface area contributed by atoms with E-state index in [1.165, 1.54) is 0 Å². The second kappa shape index (κ2) is 5.93. The van der Waals surface area contributed by atoms with Crippen LogP contribution in [0, 0.1) is 19.3 Å². The Balaban J connectivity index is 2.40. The van der Waals surface area contributed by atoms with Crippen LogP contribution in [0.15, 0.2) is 16.7 Å². The molecule has 0 aliphatic carbocycles. The standard InChI is InChI=1S/C18H26BrN3O/c1-11-8-13(19)15-20-12(2)14(22(15)9-11)16(23)21-18(6,7)10-17(3,4)5/h8-9H,10H2,1-7H3,(H,21,23). The number of fused-ring (bicyclic) bond motifs is 1. The number of nitrogens with one attached hydrogen (secondary N) is 1. The second-order valence-corrected chi connectivity index (χ2v) is 9.03. The van der Waals surface area contributed by atoms with Crippen molar-refractivity contribution in [2.45, 2.75) is 60.4 Å². The maximum Gasteiger partial charge on any atom is 0.270 e. The zero-order valence-corrected chi connectivity index (χ0v) is 16.6. The number of carbonyl (C=O) groups is 1. The van der Waals surface area contributed by atoms with Gasteiger partial charge in [-0.2, -0.15) is 0 Å². The minimum Gasteiger partial charge on any atom is -0.346 e. The van der Waals surface area contributed by atoms with Crippen LogP contribution in [-0.2, 0) is 0 Å². The molecule has 0 aromatic carbocycles. The molecule has 4 nitrogen and oxygen atoms in total. The van der Waals surface area contributed by atoms with Crippen molar-refractivity contribution < 1.29 is 4.79 Å². The molecule has 0 aliphatic heterocycles. The number of pyridine rings is 1. The van der Waals surface area contributed by atoms with Gasteiger partial charge in [0.2, 0.25) is 0 Å². The van der Waals surface area contributed by atoms with E-state index < -0.39 is 0 Å². The highest BCUT2D eigenvalue weighted by atomic mass is 79.9. The Morgan fingerprint density at radius 1 is 1.26 bits per heavy atom. The number of aryl methyl sites for hydroxylation is 2. The number of hydrogen-bond donors (Lipinski definition) is 1. The molecule has 2 rings (SSSR count). The summed E-state index contributed by atoms with van der Waals surface area (Å²) in [6, 6.07) is 2.01. The largest absolute Gasteiger partial charge is 0.346 e. The number of hydrogen-bond acceptors (Lipinski definition) is 2. The summed E-state index contributed by atoms with van der Waals surface area (Å²) in [5, 5.41) is 3.17. The zero-order chi connectivity index (χ0) is 17.6. The predicted molar refractivity (Wildman–Crippen MR) is 98.0 cm³/mol. The van der Waals surface area contributed by atoms with Gasteiger partial charge >= 0.3 is 0 Å². The molecule has 0 fully saturated rings. The SMILES string of the molecule is Cc1cc(Br)c2nc(C)c(C(=O)NC(C)(C)CC(C)(C)C)n2c1. The van der Waals surface area contributed by atoms with Crippen molar-refractivity contribution in [3.05, 3.63) is 33.7 Å². The molecule has 0 bridgehead atoms. The van der Waals surface area contributed by atoms with E-state index in [0.717, 1.165) is 27.8 Å².